The van der Waals surface area contributed by atoms with Crippen molar-refractivity contribution in [3.05, 3.63) is 59.7 Å². The van der Waals surface area contributed by atoms with Gasteiger partial charge < -0.3 is 113 Å². The summed E-state index contributed by atoms with van der Waals surface area (Å²) in [5.74, 6) is -13.3. The SMILES string of the molecule is C[C@@H]1NC(=O)[C@H](Cc2ccc(O)cc2)NC(=O)[C@H](CCCN=C(N)N)NC(=O)[C@H](CCC(N)=O)NC(=O)[C@H](CCCN=C(N)N)NC(=O)C(C)(C)NC(=O)[C@H](C)NC(=O)[C@H](CCCCN)NC(=O)[C@H](CO)NC(=O)[C@@H]2CCCN2C(=O)[C@H](Cc2ccc(O)cc2)NC(=O)C(C)(C)NC1=O. The number of fused-ring (bicyclic) bond motifs is 1. The number of carbonyl (C=O) groups is 13. The van der Waals surface area contributed by atoms with Crippen LogP contribution < -0.4 is 92.9 Å². The molecule has 0 aromatic heterocycles. The Morgan fingerprint density at radius 2 is 0.859 bits per heavy atom. The highest BCUT2D eigenvalue weighted by Gasteiger charge is 2.43. The summed E-state index contributed by atoms with van der Waals surface area (Å²) in [6, 6.07) is -4.01. The second-order valence-electron chi connectivity index (χ2n) is 25.3. The van der Waals surface area contributed by atoms with Crippen LogP contribution in [0, 0.1) is 0 Å². The molecule has 0 aliphatic carbocycles. The first kappa shape index (κ1) is 81.0. The zero-order valence-electron chi connectivity index (χ0n) is 56.6. The van der Waals surface area contributed by atoms with E-state index < -0.39 is 168 Å². The first-order valence-corrected chi connectivity index (χ1v) is 32.5. The third-order valence-electron chi connectivity index (χ3n) is 16.2. The molecule has 0 spiro atoms. The number of rotatable bonds is 20. The number of aliphatic imine (C=N–C) groups is 2. The van der Waals surface area contributed by atoms with E-state index >= 15 is 0 Å². The van der Waals surface area contributed by atoms with Gasteiger partial charge in [-0.3, -0.25) is 72.3 Å². The van der Waals surface area contributed by atoms with E-state index in [1.165, 1.54) is 95.0 Å². The number of hydrogen-bond donors (Lipinski definition) is 20. The Bertz CT molecular complexity index is 3250. The van der Waals surface area contributed by atoms with Crippen LogP contribution >= 0.6 is 0 Å². The second-order valence-corrected chi connectivity index (χ2v) is 25.3. The molecule has 0 bridgehead atoms. The Labute approximate surface area is 572 Å². The van der Waals surface area contributed by atoms with E-state index in [9.17, 15) is 77.6 Å². The smallest absolute Gasteiger partial charge is 0.246 e. The van der Waals surface area contributed by atoms with Gasteiger partial charge >= 0.3 is 0 Å². The zero-order valence-corrected chi connectivity index (χ0v) is 56.6. The van der Waals surface area contributed by atoms with Gasteiger partial charge in [0.25, 0.3) is 0 Å². The molecule has 2 aromatic carbocycles. The number of aliphatic hydroxyl groups excluding tert-OH is 1. The molecule has 36 heteroatoms. The van der Waals surface area contributed by atoms with Crippen LogP contribution in [-0.4, -0.2) is 213 Å². The summed E-state index contributed by atoms with van der Waals surface area (Å²) in [5.41, 5.74) is 30.5. The van der Waals surface area contributed by atoms with Crippen molar-refractivity contribution < 1.29 is 77.6 Å². The highest BCUT2D eigenvalue weighted by atomic mass is 16.3. The van der Waals surface area contributed by atoms with Crippen molar-refractivity contribution in [3.63, 3.8) is 0 Å². The fraction of sp³-hybridized carbons (Fsp3) is 0.571. The van der Waals surface area contributed by atoms with Crippen LogP contribution in [0.1, 0.15) is 123 Å². The number of hydrogen-bond acceptors (Lipinski definition) is 19. The van der Waals surface area contributed by atoms with Crippen LogP contribution in [0.2, 0.25) is 0 Å². The van der Waals surface area contributed by atoms with Crippen molar-refractivity contribution in [1.82, 2.24) is 63.4 Å². The molecule has 546 valence electrons. The van der Waals surface area contributed by atoms with Crippen molar-refractivity contribution in [2.75, 3.05) is 32.8 Å². The van der Waals surface area contributed by atoms with Crippen molar-refractivity contribution in [3.8, 4) is 11.5 Å². The third kappa shape index (κ3) is 26.5. The zero-order chi connectivity index (χ0) is 73.9. The fourth-order valence-corrected chi connectivity index (χ4v) is 10.4. The van der Waals surface area contributed by atoms with E-state index in [1.54, 1.807) is 0 Å². The van der Waals surface area contributed by atoms with Gasteiger partial charge in [0, 0.05) is 38.9 Å². The fourth-order valence-electron chi connectivity index (χ4n) is 10.4. The van der Waals surface area contributed by atoms with Gasteiger partial charge in [0.05, 0.1) is 6.61 Å². The molecule has 2 heterocycles. The van der Waals surface area contributed by atoms with Gasteiger partial charge in [0.2, 0.25) is 76.8 Å². The highest BCUT2D eigenvalue weighted by Crippen LogP contribution is 2.22. The first-order valence-electron chi connectivity index (χ1n) is 32.5. The Morgan fingerprint density at radius 1 is 0.485 bits per heavy atom. The number of aromatic hydroxyl groups is 2. The number of amides is 13. The predicted octanol–water partition coefficient (Wildman–Crippen LogP) is -6.43. The number of guanidine groups is 2. The van der Waals surface area contributed by atoms with E-state index in [1.807, 2.05) is 0 Å². The number of nitrogens with two attached hydrogens (primary N) is 6. The number of nitrogens with zero attached hydrogens (tertiary/aromatic N) is 3. The Morgan fingerprint density at radius 3 is 1.29 bits per heavy atom. The van der Waals surface area contributed by atoms with E-state index in [4.69, 9.17) is 34.4 Å². The molecule has 2 aromatic rings. The van der Waals surface area contributed by atoms with Crippen molar-refractivity contribution in [2.24, 2.45) is 44.4 Å². The molecule has 2 fully saturated rings. The number of aliphatic hydroxyl groups is 1. The molecule has 36 nitrogen and oxygen atoms in total. The Kier molecular flexibility index (Phi) is 31.5. The maximum absolute atomic E-state index is 14.8. The molecular weight excluding hydrogens is 1290 g/mol. The molecule has 0 radical (unpaired) electrons. The summed E-state index contributed by atoms with van der Waals surface area (Å²) in [5, 5.41) is 58.8. The van der Waals surface area contributed by atoms with Gasteiger partial charge in [0.1, 0.15) is 83.0 Å². The third-order valence-corrected chi connectivity index (χ3v) is 16.2. The van der Waals surface area contributed by atoms with Crippen LogP contribution in [0.4, 0.5) is 0 Å². The van der Waals surface area contributed by atoms with Crippen LogP contribution in [0.25, 0.3) is 0 Å². The maximum Gasteiger partial charge on any atom is 0.246 e. The summed E-state index contributed by atoms with van der Waals surface area (Å²) in [6.07, 6.45) is -1.04. The minimum atomic E-state index is -1.90. The molecule has 10 atom stereocenters. The maximum atomic E-state index is 14.8. The lowest BCUT2D eigenvalue weighted by molar-refractivity contribution is -0.143. The summed E-state index contributed by atoms with van der Waals surface area (Å²) < 4.78 is 0. The van der Waals surface area contributed by atoms with Gasteiger partial charge in [-0.25, -0.2) is 0 Å². The minimum absolute atomic E-state index is 0.00671. The standard InChI is InChI=1S/C63H98N20O16/c1-33-48(88)81-62(3,4)58(98)79-41(14-10-28-71-61(68)69)52(92)76-42(24-25-47(65)87)53(93)74-40(13-9-27-70-60(66)67)51(91)77-43(30-35-16-20-37(85)21-17-35)54(94)73-34(2)49(89)82-63(5,6)59(99)80-44(31-36-18-22-38(86)23-19-36)57(97)83-29-11-15-46(83)56(96)78-45(32-84)55(95)75-39(50(90)72-33)12-7-8-26-64/h16-23,33-34,39-46,84-86H,7-15,24-32,64H2,1-6H3,(H2,65,87)(H,72,90)(H,73,94)(H,74,93)(H,75,95)(H,76,92)(H,77,91)(H,78,96)(H,79,98)(H,80,99)(H,81,88)(H,82,89)(H4,66,67,70)(H4,68,69,71)/t33-,34-,39-,40-,41-,42-,43-,44-,45-,46-/m0/s1. The molecular formula is C63H98N20O16. The van der Waals surface area contributed by atoms with Gasteiger partial charge in [-0.2, -0.15) is 0 Å². The second kappa shape index (κ2) is 38.5. The van der Waals surface area contributed by atoms with Gasteiger partial charge in [-0.05, 0) is 148 Å². The van der Waals surface area contributed by atoms with Crippen LogP contribution in [0.5, 0.6) is 11.5 Å². The molecule has 2 aliphatic heterocycles. The summed E-state index contributed by atoms with van der Waals surface area (Å²) in [6.45, 7) is 6.71. The molecule has 2 aliphatic rings. The van der Waals surface area contributed by atoms with Gasteiger partial charge in [-0.15, -0.1) is 0 Å². The lowest BCUT2D eigenvalue weighted by Gasteiger charge is -2.33. The molecule has 0 saturated carbocycles. The van der Waals surface area contributed by atoms with Crippen LogP contribution in [-0.2, 0) is 75.2 Å². The molecule has 26 N–H and O–H groups in total. The number of primary amides is 1. The minimum Gasteiger partial charge on any atom is -0.508 e. The van der Waals surface area contributed by atoms with E-state index in [2.05, 4.69) is 68.5 Å². The van der Waals surface area contributed by atoms with Gasteiger partial charge in [0.15, 0.2) is 11.9 Å². The highest BCUT2D eigenvalue weighted by molar-refractivity contribution is 6.01. The summed E-state index contributed by atoms with van der Waals surface area (Å²) in [4.78, 5) is 193. The lowest BCUT2D eigenvalue weighted by Crippen LogP contribution is -2.63. The topological polar surface area (TPSA) is 599 Å². The molecule has 0 unspecified atom stereocenters. The number of phenols is 2. The normalized spacial score (nSPS) is 24.6. The molecule has 2 saturated heterocycles. The molecule has 99 heavy (non-hydrogen) atoms. The van der Waals surface area contributed by atoms with Crippen molar-refractivity contribution in [2.45, 2.75) is 197 Å². The van der Waals surface area contributed by atoms with E-state index in [0.29, 0.717) is 17.5 Å². The number of carbonyl (C=O) groups excluding carboxylic acids is 13. The number of phenolic OH excluding ortho intramolecular Hbond substituents is 2. The average Bonchev–Trinajstić information content (AvgIpc) is 1.74. The Hall–Kier alpha value is -10.4. The lowest BCUT2D eigenvalue weighted by atomic mass is 9.99. The Balaban J connectivity index is 1.85. The number of unbranched alkanes of at least 4 members (excludes halogenated alkanes) is 1. The molecule has 4 rings (SSSR count). The van der Waals surface area contributed by atoms with Crippen LogP contribution in [0.3, 0.4) is 0 Å². The summed E-state index contributed by atoms with van der Waals surface area (Å²) >= 11 is 0. The predicted molar refractivity (Wildman–Crippen MR) is 360 cm³/mol. The van der Waals surface area contributed by atoms with E-state index in [0.717, 1.165) is 0 Å². The molecule has 13 amide bonds. The quantitative estimate of drug-likeness (QED) is 0.0333. The van der Waals surface area contributed by atoms with Crippen molar-refractivity contribution in [1.29, 1.82) is 0 Å². The van der Waals surface area contributed by atoms with Crippen molar-refractivity contribution >= 4 is 88.7 Å². The monoisotopic (exact) mass is 1390 g/mol. The van der Waals surface area contributed by atoms with Gasteiger partial charge in [-0.1, -0.05) is 24.3 Å². The largest absolute Gasteiger partial charge is 0.508 e. The first-order chi connectivity index (χ1) is 46.5. The van der Waals surface area contributed by atoms with Crippen LogP contribution in [0.15, 0.2) is 58.5 Å². The summed E-state index contributed by atoms with van der Waals surface area (Å²) in [7, 11) is 0. The number of nitrogens with one attached hydrogen (secondary N) is 11. The van der Waals surface area contributed by atoms with E-state index in [-0.39, 0.29) is 114 Å². The number of benzene rings is 2. The average molecular weight is 1390 g/mol.